The summed E-state index contributed by atoms with van der Waals surface area (Å²) in [6, 6.07) is 1.90. The molecule has 0 saturated heterocycles. The summed E-state index contributed by atoms with van der Waals surface area (Å²) in [5, 5.41) is 3.96. The first-order chi connectivity index (χ1) is 9.55. The molecule has 1 aliphatic rings. The predicted molar refractivity (Wildman–Crippen MR) is 82.7 cm³/mol. The van der Waals surface area contributed by atoms with Crippen molar-refractivity contribution in [3.63, 3.8) is 0 Å². The van der Waals surface area contributed by atoms with Crippen LogP contribution in [0.4, 0.5) is 14.5 Å². The number of hydrogen-bond acceptors (Lipinski definition) is 3. The standard InChI is InChI=1S/C14H17ClF2N2S/c1-3-8(4-2)12-7-18-14(20-12)19-13-10(15)5-9(16)6-11(13)17/h5-6,8,12H,3-4,7H2,1-2H3,(H,18,19). The molecule has 1 atom stereocenters. The Kier molecular flexibility index (Phi) is 5.27. The van der Waals surface area contributed by atoms with Gasteiger partial charge in [0.25, 0.3) is 0 Å². The second kappa shape index (κ2) is 6.76. The number of aliphatic imine (C=N–C) groups is 1. The van der Waals surface area contributed by atoms with Crippen LogP contribution in [0.25, 0.3) is 0 Å². The minimum absolute atomic E-state index is 0.0248. The lowest BCUT2D eigenvalue weighted by Gasteiger charge is -2.18. The Labute approximate surface area is 127 Å². The summed E-state index contributed by atoms with van der Waals surface area (Å²) in [6.45, 7) is 5.05. The molecule has 0 fully saturated rings. The maximum Gasteiger partial charge on any atom is 0.161 e. The van der Waals surface area contributed by atoms with Gasteiger partial charge < -0.3 is 5.32 Å². The molecule has 6 heteroatoms. The molecule has 1 N–H and O–H groups in total. The normalized spacial score (nSPS) is 18.5. The quantitative estimate of drug-likeness (QED) is 0.850. The first-order valence-electron chi connectivity index (χ1n) is 6.67. The van der Waals surface area contributed by atoms with Crippen molar-refractivity contribution in [1.29, 1.82) is 0 Å². The second-order valence-electron chi connectivity index (χ2n) is 4.75. The summed E-state index contributed by atoms with van der Waals surface area (Å²) >= 11 is 7.46. The monoisotopic (exact) mass is 318 g/mol. The van der Waals surface area contributed by atoms with Gasteiger partial charge in [-0.1, -0.05) is 50.1 Å². The average molecular weight is 319 g/mol. The summed E-state index contributed by atoms with van der Waals surface area (Å²) in [4.78, 5) is 4.38. The molecular formula is C14H17ClF2N2S. The number of nitrogens with one attached hydrogen (secondary N) is 1. The molecular weight excluding hydrogens is 302 g/mol. The molecule has 0 aliphatic carbocycles. The topological polar surface area (TPSA) is 24.4 Å². The van der Waals surface area contributed by atoms with Crippen LogP contribution in [0.2, 0.25) is 5.02 Å². The molecule has 1 aliphatic heterocycles. The van der Waals surface area contributed by atoms with Gasteiger partial charge in [-0.05, 0) is 12.0 Å². The van der Waals surface area contributed by atoms with Crippen LogP contribution in [-0.2, 0) is 0 Å². The van der Waals surface area contributed by atoms with Gasteiger partial charge in [-0.2, -0.15) is 0 Å². The first kappa shape index (κ1) is 15.6. The van der Waals surface area contributed by atoms with Crippen molar-refractivity contribution in [1.82, 2.24) is 0 Å². The largest absolute Gasteiger partial charge is 0.331 e. The summed E-state index contributed by atoms with van der Waals surface area (Å²) in [5.74, 6) is -0.796. The van der Waals surface area contributed by atoms with E-state index in [-0.39, 0.29) is 10.7 Å². The molecule has 110 valence electrons. The smallest absolute Gasteiger partial charge is 0.161 e. The molecule has 0 saturated carbocycles. The first-order valence-corrected chi connectivity index (χ1v) is 7.93. The van der Waals surface area contributed by atoms with Gasteiger partial charge in [-0.25, -0.2) is 8.78 Å². The highest BCUT2D eigenvalue weighted by atomic mass is 35.5. The zero-order valence-electron chi connectivity index (χ0n) is 11.4. The fourth-order valence-corrected chi connectivity index (χ4v) is 3.85. The van der Waals surface area contributed by atoms with E-state index in [0.717, 1.165) is 31.5 Å². The van der Waals surface area contributed by atoms with Crippen molar-refractivity contribution >= 4 is 34.2 Å². The molecule has 0 spiro atoms. The van der Waals surface area contributed by atoms with Gasteiger partial charge in [0.05, 0.1) is 17.3 Å². The lowest BCUT2D eigenvalue weighted by atomic mass is 9.99. The number of benzene rings is 1. The van der Waals surface area contributed by atoms with Crippen LogP contribution in [0.5, 0.6) is 0 Å². The lowest BCUT2D eigenvalue weighted by molar-refractivity contribution is 0.479. The minimum atomic E-state index is -0.704. The number of anilines is 1. The third kappa shape index (κ3) is 3.44. The Bertz CT molecular complexity index is 495. The SMILES string of the molecule is CCC(CC)C1CN=C(Nc2c(F)cc(F)cc2Cl)S1. The Hall–Kier alpha value is -0.810. The van der Waals surface area contributed by atoms with E-state index in [0.29, 0.717) is 16.3 Å². The fourth-order valence-electron chi connectivity index (χ4n) is 2.29. The number of halogens is 3. The number of thioether (sulfide) groups is 1. The Morgan fingerprint density at radius 1 is 1.40 bits per heavy atom. The lowest BCUT2D eigenvalue weighted by Crippen LogP contribution is -2.17. The van der Waals surface area contributed by atoms with Crippen molar-refractivity contribution < 1.29 is 8.78 Å². The highest BCUT2D eigenvalue weighted by molar-refractivity contribution is 8.15. The predicted octanol–water partition coefficient (Wildman–Crippen LogP) is 4.94. The van der Waals surface area contributed by atoms with E-state index in [1.54, 1.807) is 11.8 Å². The molecule has 2 nitrogen and oxygen atoms in total. The van der Waals surface area contributed by atoms with Crippen molar-refractivity contribution in [3.05, 3.63) is 28.8 Å². The van der Waals surface area contributed by atoms with Gasteiger partial charge in [0, 0.05) is 11.3 Å². The van der Waals surface area contributed by atoms with E-state index in [4.69, 9.17) is 11.6 Å². The van der Waals surface area contributed by atoms with Crippen LogP contribution in [-0.4, -0.2) is 17.0 Å². The Morgan fingerprint density at radius 3 is 2.70 bits per heavy atom. The van der Waals surface area contributed by atoms with Crippen LogP contribution in [0.1, 0.15) is 26.7 Å². The van der Waals surface area contributed by atoms with Crippen LogP contribution in [0, 0.1) is 17.6 Å². The highest BCUT2D eigenvalue weighted by Crippen LogP contribution is 2.33. The van der Waals surface area contributed by atoms with E-state index in [1.807, 2.05) is 0 Å². The Balaban J connectivity index is 2.06. The van der Waals surface area contributed by atoms with Crippen LogP contribution >= 0.6 is 23.4 Å². The molecule has 1 aromatic carbocycles. The number of hydrogen-bond donors (Lipinski definition) is 1. The molecule has 0 radical (unpaired) electrons. The molecule has 1 heterocycles. The highest BCUT2D eigenvalue weighted by Gasteiger charge is 2.26. The van der Waals surface area contributed by atoms with Gasteiger partial charge in [-0.3, -0.25) is 4.99 Å². The van der Waals surface area contributed by atoms with E-state index >= 15 is 0 Å². The maximum atomic E-state index is 13.7. The van der Waals surface area contributed by atoms with Gasteiger partial charge in [0.15, 0.2) is 11.0 Å². The van der Waals surface area contributed by atoms with Crippen molar-refractivity contribution in [3.8, 4) is 0 Å². The number of nitrogens with zero attached hydrogens (tertiary/aromatic N) is 1. The van der Waals surface area contributed by atoms with E-state index < -0.39 is 11.6 Å². The van der Waals surface area contributed by atoms with Gasteiger partial charge in [-0.15, -0.1) is 0 Å². The summed E-state index contributed by atoms with van der Waals surface area (Å²) < 4.78 is 26.7. The van der Waals surface area contributed by atoms with E-state index in [2.05, 4.69) is 24.2 Å². The summed E-state index contributed by atoms with van der Waals surface area (Å²) in [6.07, 6.45) is 2.20. The van der Waals surface area contributed by atoms with E-state index in [9.17, 15) is 8.78 Å². The zero-order chi connectivity index (χ0) is 14.7. The van der Waals surface area contributed by atoms with Crippen LogP contribution in [0.3, 0.4) is 0 Å². The van der Waals surface area contributed by atoms with Crippen LogP contribution in [0.15, 0.2) is 17.1 Å². The number of amidine groups is 1. The summed E-state index contributed by atoms with van der Waals surface area (Å²) in [5.41, 5.74) is 0.0875. The van der Waals surface area contributed by atoms with Crippen molar-refractivity contribution in [2.45, 2.75) is 31.9 Å². The van der Waals surface area contributed by atoms with Crippen molar-refractivity contribution in [2.24, 2.45) is 10.9 Å². The molecule has 0 bridgehead atoms. The molecule has 1 aromatic rings. The average Bonchev–Trinajstić information content (AvgIpc) is 2.84. The third-order valence-corrected chi connectivity index (χ3v) is 5.08. The molecule has 0 amide bonds. The molecule has 1 unspecified atom stereocenters. The molecule has 20 heavy (non-hydrogen) atoms. The maximum absolute atomic E-state index is 13.7. The fraction of sp³-hybridized carbons (Fsp3) is 0.500. The summed E-state index contributed by atoms with van der Waals surface area (Å²) in [7, 11) is 0. The molecule has 0 aromatic heterocycles. The van der Waals surface area contributed by atoms with Crippen LogP contribution < -0.4 is 5.32 Å². The van der Waals surface area contributed by atoms with E-state index in [1.165, 1.54) is 0 Å². The third-order valence-electron chi connectivity index (χ3n) is 3.49. The second-order valence-corrected chi connectivity index (χ2v) is 6.38. The van der Waals surface area contributed by atoms with Crippen molar-refractivity contribution in [2.75, 3.05) is 11.9 Å². The van der Waals surface area contributed by atoms with Gasteiger partial charge in [0.2, 0.25) is 0 Å². The Morgan fingerprint density at radius 2 is 2.10 bits per heavy atom. The number of rotatable bonds is 4. The van der Waals surface area contributed by atoms with Gasteiger partial charge >= 0.3 is 0 Å². The minimum Gasteiger partial charge on any atom is -0.331 e. The molecule has 2 rings (SSSR count). The van der Waals surface area contributed by atoms with Gasteiger partial charge in [0.1, 0.15) is 5.82 Å². The zero-order valence-corrected chi connectivity index (χ0v) is 13.0.